The van der Waals surface area contributed by atoms with Crippen LogP contribution in [0.2, 0.25) is 0 Å². The van der Waals surface area contributed by atoms with Gasteiger partial charge >= 0.3 is 0 Å². The Morgan fingerprint density at radius 1 is 1.04 bits per heavy atom. The third-order valence-electron chi connectivity index (χ3n) is 4.34. The minimum Gasteiger partial charge on any atom is -0.415 e. The van der Waals surface area contributed by atoms with Crippen molar-refractivity contribution >= 4 is 21.6 Å². The van der Waals surface area contributed by atoms with Crippen LogP contribution in [0.15, 0.2) is 59.0 Å². The average molecular weight is 351 g/mol. The Balaban J connectivity index is 1.49. The van der Waals surface area contributed by atoms with Gasteiger partial charge in [-0.05, 0) is 31.2 Å². The van der Waals surface area contributed by atoms with Gasteiger partial charge in [-0.25, -0.2) is 4.98 Å². The summed E-state index contributed by atoms with van der Waals surface area (Å²) >= 11 is 1.75. The van der Waals surface area contributed by atoms with E-state index in [2.05, 4.69) is 42.4 Å². The van der Waals surface area contributed by atoms with Crippen LogP contribution in [0.3, 0.4) is 0 Å². The summed E-state index contributed by atoms with van der Waals surface area (Å²) in [6.45, 7) is 2.85. The molecule has 4 aromatic rings. The third kappa shape index (κ3) is 3.31. The van der Waals surface area contributed by atoms with Gasteiger partial charge < -0.3 is 9.32 Å². The van der Waals surface area contributed by atoms with Crippen molar-refractivity contribution in [3.8, 4) is 11.5 Å². The van der Waals surface area contributed by atoms with E-state index in [1.807, 2.05) is 36.4 Å². The van der Waals surface area contributed by atoms with Gasteiger partial charge in [-0.1, -0.05) is 30.3 Å². The van der Waals surface area contributed by atoms with Crippen molar-refractivity contribution < 1.29 is 9.32 Å². The van der Waals surface area contributed by atoms with Crippen molar-refractivity contribution in [2.45, 2.75) is 19.5 Å². The highest BCUT2D eigenvalue weighted by Gasteiger charge is 2.22. The molecule has 0 amide bonds. The van der Waals surface area contributed by atoms with Gasteiger partial charge in [-0.2, -0.15) is 0 Å². The highest BCUT2D eigenvalue weighted by atomic mass is 32.1. The molecule has 2 heterocycles. The van der Waals surface area contributed by atoms with E-state index in [1.165, 1.54) is 9.60 Å². The molecule has 0 aliphatic rings. The molecule has 0 saturated heterocycles. The maximum absolute atomic E-state index is 5.83. The maximum Gasteiger partial charge on any atom is 0.271 e. The first kappa shape index (κ1) is 15.9. The Kier molecular flexibility index (Phi) is 4.29. The van der Waals surface area contributed by atoms with Crippen LogP contribution >= 0.6 is 11.3 Å². The lowest BCUT2D eigenvalue weighted by atomic mass is 10.2. The number of fused-ring (bicyclic) bond motifs is 1. The molecular formula is C19H19N4OS+. The number of para-hydroxylation sites is 1. The van der Waals surface area contributed by atoms with Crippen molar-refractivity contribution in [2.75, 3.05) is 7.05 Å². The molecule has 1 N–H and O–H groups in total. The van der Waals surface area contributed by atoms with Gasteiger partial charge in [0, 0.05) is 5.56 Å². The predicted molar refractivity (Wildman–Crippen MR) is 98.4 cm³/mol. The van der Waals surface area contributed by atoms with E-state index in [9.17, 15) is 0 Å². The molecule has 0 radical (unpaired) electrons. The van der Waals surface area contributed by atoms with Crippen molar-refractivity contribution in [3.05, 3.63) is 65.5 Å². The molecule has 0 aliphatic heterocycles. The summed E-state index contributed by atoms with van der Waals surface area (Å²) in [5, 5.41) is 9.49. The first-order valence-electron chi connectivity index (χ1n) is 8.26. The lowest BCUT2D eigenvalue weighted by Gasteiger charge is -2.17. The van der Waals surface area contributed by atoms with Gasteiger partial charge in [0.2, 0.25) is 5.89 Å². The topological polar surface area (TPSA) is 56.2 Å². The molecular weight excluding hydrogens is 332 g/mol. The molecule has 2 aromatic carbocycles. The molecule has 0 spiro atoms. The zero-order valence-corrected chi connectivity index (χ0v) is 15.0. The molecule has 0 aliphatic carbocycles. The zero-order valence-electron chi connectivity index (χ0n) is 14.1. The number of aromatic nitrogens is 3. The Labute approximate surface area is 150 Å². The molecule has 0 bridgehead atoms. The van der Waals surface area contributed by atoms with Crippen LogP contribution in [0.5, 0.6) is 0 Å². The van der Waals surface area contributed by atoms with E-state index in [0.29, 0.717) is 18.3 Å². The second-order valence-corrected chi connectivity index (χ2v) is 7.19. The summed E-state index contributed by atoms with van der Waals surface area (Å²) in [7, 11) is 2.13. The number of nitrogens with zero attached hydrogens (tertiary/aromatic N) is 3. The van der Waals surface area contributed by atoms with Crippen LogP contribution in [-0.2, 0) is 6.54 Å². The third-order valence-corrected chi connectivity index (χ3v) is 5.56. The number of nitrogens with one attached hydrogen (secondary N) is 1. The van der Waals surface area contributed by atoms with Crippen molar-refractivity contribution in [1.29, 1.82) is 0 Å². The van der Waals surface area contributed by atoms with Gasteiger partial charge in [-0.15, -0.1) is 21.5 Å². The molecule has 4 rings (SSSR count). The smallest absolute Gasteiger partial charge is 0.271 e. The first-order chi connectivity index (χ1) is 12.2. The van der Waals surface area contributed by atoms with Crippen LogP contribution in [0.1, 0.15) is 23.9 Å². The van der Waals surface area contributed by atoms with Crippen molar-refractivity contribution in [1.82, 2.24) is 15.2 Å². The second kappa shape index (κ2) is 6.74. The normalized spacial score (nSPS) is 13.8. The van der Waals surface area contributed by atoms with Crippen LogP contribution in [0.25, 0.3) is 21.7 Å². The van der Waals surface area contributed by atoms with Crippen LogP contribution < -0.4 is 4.90 Å². The zero-order chi connectivity index (χ0) is 17.2. The minimum atomic E-state index is 0.254. The summed E-state index contributed by atoms with van der Waals surface area (Å²) < 4.78 is 7.05. The van der Waals surface area contributed by atoms with Crippen molar-refractivity contribution in [3.63, 3.8) is 0 Å². The summed E-state index contributed by atoms with van der Waals surface area (Å²) in [5.74, 6) is 1.21. The summed E-state index contributed by atoms with van der Waals surface area (Å²) in [6.07, 6.45) is 0. The molecule has 0 fully saturated rings. The van der Waals surface area contributed by atoms with Gasteiger partial charge in [0.25, 0.3) is 5.89 Å². The first-order valence-corrected chi connectivity index (χ1v) is 9.08. The van der Waals surface area contributed by atoms with Crippen LogP contribution in [0, 0.1) is 0 Å². The highest BCUT2D eigenvalue weighted by Crippen LogP contribution is 2.25. The Morgan fingerprint density at radius 2 is 1.80 bits per heavy atom. The molecule has 126 valence electrons. The monoisotopic (exact) mass is 351 g/mol. The molecule has 25 heavy (non-hydrogen) atoms. The number of benzene rings is 2. The van der Waals surface area contributed by atoms with Crippen molar-refractivity contribution in [2.24, 2.45) is 0 Å². The molecule has 1 unspecified atom stereocenters. The summed E-state index contributed by atoms with van der Waals surface area (Å²) in [4.78, 5) is 6.03. The maximum atomic E-state index is 5.83. The fourth-order valence-corrected chi connectivity index (χ4v) is 3.81. The number of rotatable bonds is 5. The lowest BCUT2D eigenvalue weighted by molar-refractivity contribution is -0.925. The van der Waals surface area contributed by atoms with E-state index in [-0.39, 0.29) is 6.04 Å². The van der Waals surface area contributed by atoms with E-state index in [0.717, 1.165) is 16.1 Å². The number of hydrogen-bond acceptors (Lipinski definition) is 5. The van der Waals surface area contributed by atoms with E-state index < -0.39 is 0 Å². The van der Waals surface area contributed by atoms with Gasteiger partial charge in [0.15, 0.2) is 11.6 Å². The van der Waals surface area contributed by atoms with Gasteiger partial charge in [0.05, 0.1) is 17.3 Å². The minimum absolute atomic E-state index is 0.254. The largest absolute Gasteiger partial charge is 0.415 e. The Hall–Kier alpha value is -2.57. The molecule has 2 atom stereocenters. The highest BCUT2D eigenvalue weighted by molar-refractivity contribution is 7.18. The molecule has 2 aromatic heterocycles. The molecule has 6 heteroatoms. The number of thiazole rings is 1. The predicted octanol–water partition coefficient (Wildman–Crippen LogP) is 3.12. The Bertz CT molecular complexity index is 946. The summed E-state index contributed by atoms with van der Waals surface area (Å²) in [5.41, 5.74) is 2.00. The van der Waals surface area contributed by atoms with Gasteiger partial charge in [-0.3, -0.25) is 0 Å². The fraction of sp³-hybridized carbons (Fsp3) is 0.211. The SMILES string of the molecule is C[C@H](c1nc2ccccc2s1)[NH+](C)Cc1nnc(-c2ccccc2)o1. The lowest BCUT2D eigenvalue weighted by Crippen LogP contribution is -3.07. The van der Waals surface area contributed by atoms with Crippen LogP contribution in [0.4, 0.5) is 0 Å². The number of hydrogen-bond donors (Lipinski definition) is 1. The van der Waals surface area contributed by atoms with E-state index in [4.69, 9.17) is 9.40 Å². The van der Waals surface area contributed by atoms with E-state index >= 15 is 0 Å². The average Bonchev–Trinajstić information content (AvgIpc) is 3.28. The second-order valence-electron chi connectivity index (χ2n) is 6.13. The quantitative estimate of drug-likeness (QED) is 0.600. The molecule has 5 nitrogen and oxygen atoms in total. The van der Waals surface area contributed by atoms with Gasteiger partial charge in [0.1, 0.15) is 6.04 Å². The van der Waals surface area contributed by atoms with E-state index in [1.54, 1.807) is 11.3 Å². The fourth-order valence-electron chi connectivity index (χ4n) is 2.70. The number of quaternary nitrogens is 1. The molecule has 0 saturated carbocycles. The summed E-state index contributed by atoms with van der Waals surface area (Å²) in [6, 6.07) is 18.3. The standard InChI is InChI=1S/C19H18N4OS/c1-13(19-20-15-10-6-7-11-16(15)25-19)23(2)12-17-21-22-18(24-17)14-8-4-3-5-9-14/h3-11,13H,12H2,1-2H3/p+1/t13-/m1/s1. The van der Waals surface area contributed by atoms with Crippen LogP contribution in [-0.4, -0.2) is 22.2 Å². The Morgan fingerprint density at radius 3 is 2.60 bits per heavy atom.